The van der Waals surface area contributed by atoms with Gasteiger partial charge in [0, 0.05) is 0 Å². The molecule has 0 bridgehead atoms. The van der Waals surface area contributed by atoms with Gasteiger partial charge in [0.05, 0.1) is 0 Å². The maximum Gasteiger partial charge on any atom is 0.152 e. The van der Waals surface area contributed by atoms with Crippen molar-refractivity contribution >= 4 is 0 Å². The normalized spacial score (nSPS) is 6.00. The molecular formula is C5H14N2O4. The molecule has 11 heavy (non-hydrogen) atoms. The zero-order chi connectivity index (χ0) is 9.54. The molecular weight excluding hydrogens is 152 g/mol. The van der Waals surface area contributed by atoms with Gasteiger partial charge >= 0.3 is 0 Å². The molecule has 0 aliphatic carbocycles. The third-order valence-corrected chi connectivity index (χ3v) is 0.707. The Morgan fingerprint density at radius 1 is 1.00 bits per heavy atom. The van der Waals surface area contributed by atoms with Crippen LogP contribution in [0.15, 0.2) is 10.7 Å². The van der Waals surface area contributed by atoms with E-state index in [2.05, 4.69) is 13.8 Å². The quantitative estimate of drug-likeness (QED) is 0.486. The second-order valence-electron chi connectivity index (χ2n) is 1.52. The van der Waals surface area contributed by atoms with Crippen molar-refractivity contribution in [2.24, 2.45) is 10.7 Å². The summed E-state index contributed by atoms with van der Waals surface area (Å²) < 4.78 is 0. The fourth-order valence-electron chi connectivity index (χ4n) is 0.354. The molecule has 0 heterocycles. The lowest BCUT2D eigenvalue weighted by Gasteiger charge is -1.79. The van der Waals surface area contributed by atoms with E-state index in [9.17, 15) is 0 Å². The molecule has 0 amide bonds. The Hall–Kier alpha value is -1.20. The monoisotopic (exact) mass is 166 g/mol. The Kier molecular flexibility index (Phi) is 55.3. The highest BCUT2D eigenvalue weighted by molar-refractivity contribution is 4.24. The second kappa shape index (κ2) is 37.1. The largest absolute Gasteiger partial charge is 0.379 e. The van der Waals surface area contributed by atoms with E-state index in [-0.39, 0.29) is 0 Å². The maximum atomic E-state index is 8.11. The smallest absolute Gasteiger partial charge is 0.152 e. The van der Waals surface area contributed by atoms with Crippen LogP contribution >= 0.6 is 0 Å². The van der Waals surface area contributed by atoms with Crippen LogP contribution in [0.25, 0.3) is 0 Å². The molecule has 0 aromatic rings. The first-order chi connectivity index (χ1) is 5.24. The predicted octanol–water partition coefficient (Wildman–Crippen LogP) is 2.48. The average molecular weight is 166 g/mol. The fourth-order valence-corrected chi connectivity index (χ4v) is 0.354. The average Bonchev–Trinajstić information content (AvgIpc) is 1.92. The van der Waals surface area contributed by atoms with Crippen molar-refractivity contribution in [3.05, 3.63) is 9.81 Å². The van der Waals surface area contributed by atoms with Crippen molar-refractivity contribution in [3.63, 3.8) is 0 Å². The third kappa shape index (κ3) is 636. The van der Waals surface area contributed by atoms with Gasteiger partial charge in [-0.25, -0.2) is 0 Å². The van der Waals surface area contributed by atoms with Gasteiger partial charge in [-0.1, -0.05) is 33.1 Å². The highest BCUT2D eigenvalue weighted by Crippen LogP contribution is 1.88. The number of unbranched alkanes of at least 4 members (excludes halogenated alkanes) is 2. The molecule has 6 heteroatoms. The van der Waals surface area contributed by atoms with E-state index in [1.165, 1.54) is 29.9 Å². The molecule has 0 atom stereocenters. The van der Waals surface area contributed by atoms with Crippen LogP contribution in [0, 0.1) is 9.81 Å². The standard InChI is InChI=1S/C5H12.2HNO2/c1-3-5-4-2;2*2-1-3/h3-5H2,1-2H3;2*(H,2,3). The molecule has 0 unspecified atom stereocenters. The molecule has 0 radical (unpaired) electrons. The van der Waals surface area contributed by atoms with E-state index in [4.69, 9.17) is 20.2 Å². The molecule has 6 nitrogen and oxygen atoms in total. The highest BCUT2D eigenvalue weighted by Gasteiger charge is 1.68. The SMILES string of the molecule is CCCCC.O=NO.O=NO. The van der Waals surface area contributed by atoms with Crippen LogP contribution in [0.2, 0.25) is 0 Å². The molecule has 68 valence electrons. The molecule has 0 saturated heterocycles. The number of rotatable bonds is 2. The van der Waals surface area contributed by atoms with Crippen LogP contribution in [0.4, 0.5) is 0 Å². The van der Waals surface area contributed by atoms with Crippen molar-refractivity contribution in [1.82, 2.24) is 0 Å². The number of hydrogen-bond acceptors (Lipinski definition) is 4. The molecule has 2 N–H and O–H groups in total. The van der Waals surface area contributed by atoms with Crippen molar-refractivity contribution in [2.45, 2.75) is 33.1 Å². The Morgan fingerprint density at radius 2 is 1.18 bits per heavy atom. The molecule has 0 saturated carbocycles. The minimum absolute atomic E-state index is 1.25. The molecule has 0 aromatic heterocycles. The van der Waals surface area contributed by atoms with Crippen LogP contribution in [0.5, 0.6) is 0 Å². The van der Waals surface area contributed by atoms with Gasteiger partial charge < -0.3 is 10.4 Å². The topological polar surface area (TPSA) is 99.3 Å². The van der Waals surface area contributed by atoms with Crippen LogP contribution in [-0.2, 0) is 0 Å². The molecule has 0 aliphatic heterocycles. The summed E-state index contributed by atoms with van der Waals surface area (Å²) in [6.07, 6.45) is 4.08. The molecule has 0 aromatic carbocycles. The lowest BCUT2D eigenvalue weighted by Crippen LogP contribution is -1.59. The van der Waals surface area contributed by atoms with Crippen molar-refractivity contribution in [2.75, 3.05) is 0 Å². The van der Waals surface area contributed by atoms with Crippen LogP contribution < -0.4 is 0 Å². The highest BCUT2D eigenvalue weighted by atomic mass is 16.6. The van der Waals surface area contributed by atoms with E-state index >= 15 is 0 Å². The summed E-state index contributed by atoms with van der Waals surface area (Å²) in [5.41, 5.74) is 0. The van der Waals surface area contributed by atoms with Gasteiger partial charge in [-0.05, 0) is 0 Å². The minimum atomic E-state index is 1.25. The molecule has 0 aliphatic rings. The van der Waals surface area contributed by atoms with Gasteiger partial charge in [-0.15, -0.1) is 9.81 Å². The summed E-state index contributed by atoms with van der Waals surface area (Å²) in [7, 11) is 0. The van der Waals surface area contributed by atoms with E-state index in [1.807, 2.05) is 0 Å². The maximum absolute atomic E-state index is 8.11. The molecule has 0 fully saturated rings. The second-order valence-corrected chi connectivity index (χ2v) is 1.52. The summed E-state index contributed by atoms with van der Waals surface area (Å²) in [5, 5.41) is 15.8. The summed E-state index contributed by atoms with van der Waals surface area (Å²) >= 11 is 0. The zero-order valence-corrected chi connectivity index (χ0v) is 6.73. The summed E-state index contributed by atoms with van der Waals surface area (Å²) in [6, 6.07) is 0. The third-order valence-electron chi connectivity index (χ3n) is 0.707. The summed E-state index contributed by atoms with van der Waals surface area (Å²) in [5.74, 6) is 0. The van der Waals surface area contributed by atoms with Gasteiger partial charge in [-0.2, -0.15) is 0 Å². The lowest BCUT2D eigenvalue weighted by molar-refractivity contribution is 0.312. The van der Waals surface area contributed by atoms with E-state index in [0.29, 0.717) is 0 Å². The Morgan fingerprint density at radius 3 is 1.18 bits per heavy atom. The lowest BCUT2D eigenvalue weighted by atomic mass is 10.3. The predicted molar refractivity (Wildman–Crippen MR) is 40.4 cm³/mol. The van der Waals surface area contributed by atoms with Crippen molar-refractivity contribution in [1.29, 1.82) is 0 Å². The van der Waals surface area contributed by atoms with Gasteiger partial charge in [0.1, 0.15) is 0 Å². The summed E-state index contributed by atoms with van der Waals surface area (Å²) in [6.45, 7) is 4.42. The zero-order valence-electron chi connectivity index (χ0n) is 6.73. The number of nitrogens with zero attached hydrogens (tertiary/aromatic N) is 2. The first-order valence-corrected chi connectivity index (χ1v) is 3.18. The Balaban J connectivity index is -0.0000000933. The van der Waals surface area contributed by atoms with Crippen molar-refractivity contribution in [3.8, 4) is 0 Å². The van der Waals surface area contributed by atoms with Gasteiger partial charge in [0.15, 0.2) is 10.7 Å². The molecule has 0 spiro atoms. The van der Waals surface area contributed by atoms with Gasteiger partial charge in [-0.3, -0.25) is 0 Å². The van der Waals surface area contributed by atoms with Crippen molar-refractivity contribution < 1.29 is 10.4 Å². The van der Waals surface area contributed by atoms with Gasteiger partial charge in [0.2, 0.25) is 0 Å². The van der Waals surface area contributed by atoms with Crippen LogP contribution in [0.3, 0.4) is 0 Å². The number of hydrogen-bond donors (Lipinski definition) is 2. The van der Waals surface area contributed by atoms with E-state index in [1.54, 1.807) is 0 Å². The fraction of sp³-hybridized carbons (Fsp3) is 1.00. The van der Waals surface area contributed by atoms with Crippen LogP contribution in [0.1, 0.15) is 33.1 Å². The van der Waals surface area contributed by atoms with Crippen LogP contribution in [-0.4, -0.2) is 10.4 Å². The van der Waals surface area contributed by atoms with E-state index < -0.39 is 0 Å². The van der Waals surface area contributed by atoms with E-state index in [0.717, 1.165) is 0 Å². The minimum Gasteiger partial charge on any atom is -0.379 e. The first-order valence-electron chi connectivity index (χ1n) is 3.18. The molecule has 0 rings (SSSR count). The summed E-state index contributed by atoms with van der Waals surface area (Å²) in [4.78, 5) is 16.2. The van der Waals surface area contributed by atoms with Gasteiger partial charge in [0.25, 0.3) is 0 Å². The Bertz CT molecular complexity index is 61.5. The first kappa shape index (κ1) is 16.4. The Labute approximate surface area is 65.1 Å².